The van der Waals surface area contributed by atoms with Crippen LogP contribution in [-0.4, -0.2) is 48.6 Å². The zero-order valence-corrected chi connectivity index (χ0v) is 16.7. The quantitative estimate of drug-likeness (QED) is 0.627. The minimum Gasteiger partial charge on any atom is -0.367 e. The summed E-state index contributed by atoms with van der Waals surface area (Å²) in [4.78, 5) is 20.9. The fourth-order valence-corrected chi connectivity index (χ4v) is 3.53. The van der Waals surface area contributed by atoms with E-state index in [1.54, 1.807) is 18.3 Å². The first-order valence-electron chi connectivity index (χ1n) is 10.1. The molecule has 6 heteroatoms. The van der Waals surface area contributed by atoms with Gasteiger partial charge in [0.2, 0.25) is 5.91 Å². The summed E-state index contributed by atoms with van der Waals surface area (Å²) in [5.41, 5.74) is 2.35. The van der Waals surface area contributed by atoms with Crippen LogP contribution >= 0.6 is 0 Å². The van der Waals surface area contributed by atoms with Crippen molar-refractivity contribution < 1.29 is 13.9 Å². The van der Waals surface area contributed by atoms with Crippen molar-refractivity contribution in [2.45, 2.75) is 6.61 Å². The van der Waals surface area contributed by atoms with Gasteiger partial charge in [0.15, 0.2) is 0 Å². The number of piperazine rings is 1. The second-order valence-corrected chi connectivity index (χ2v) is 7.23. The summed E-state index contributed by atoms with van der Waals surface area (Å²) in [5, 5.41) is 0. The van der Waals surface area contributed by atoms with Gasteiger partial charge >= 0.3 is 0 Å². The maximum Gasteiger partial charge on any atom is 0.248 e. The maximum atomic E-state index is 13.9. The SMILES string of the molecule is O=C(COCc1ccccc1)N1CCN(c2ccc(-c3ccccc3F)cn2)CC1. The summed E-state index contributed by atoms with van der Waals surface area (Å²) in [6.07, 6.45) is 1.70. The molecule has 5 nitrogen and oxygen atoms in total. The number of pyridine rings is 1. The minimum absolute atomic E-state index is 0.00782. The van der Waals surface area contributed by atoms with Crippen LogP contribution < -0.4 is 4.90 Å². The van der Waals surface area contributed by atoms with E-state index in [-0.39, 0.29) is 18.3 Å². The normalized spacial score (nSPS) is 14.0. The van der Waals surface area contributed by atoms with Gasteiger partial charge in [0.1, 0.15) is 18.2 Å². The third-order valence-electron chi connectivity index (χ3n) is 5.23. The van der Waals surface area contributed by atoms with E-state index >= 15 is 0 Å². The van der Waals surface area contributed by atoms with Gasteiger partial charge in [-0.15, -0.1) is 0 Å². The Hall–Kier alpha value is -3.25. The van der Waals surface area contributed by atoms with Crippen LogP contribution in [0.25, 0.3) is 11.1 Å². The first-order chi connectivity index (χ1) is 14.7. The van der Waals surface area contributed by atoms with Crippen LogP contribution in [0.1, 0.15) is 5.56 Å². The molecule has 2 heterocycles. The molecule has 1 saturated heterocycles. The molecule has 4 rings (SSSR count). The van der Waals surface area contributed by atoms with Crippen molar-refractivity contribution in [3.8, 4) is 11.1 Å². The molecule has 0 atom stereocenters. The van der Waals surface area contributed by atoms with Crippen LogP contribution in [0.3, 0.4) is 0 Å². The van der Waals surface area contributed by atoms with E-state index in [9.17, 15) is 9.18 Å². The summed E-state index contributed by atoms with van der Waals surface area (Å²) in [5.74, 6) is 0.588. The van der Waals surface area contributed by atoms with Crippen LogP contribution in [0.5, 0.6) is 0 Å². The Morgan fingerprint density at radius 2 is 1.67 bits per heavy atom. The number of benzene rings is 2. The van der Waals surface area contributed by atoms with Gasteiger partial charge in [0.25, 0.3) is 0 Å². The molecule has 0 radical (unpaired) electrons. The van der Waals surface area contributed by atoms with Gasteiger partial charge in [-0.1, -0.05) is 48.5 Å². The highest BCUT2D eigenvalue weighted by atomic mass is 19.1. The molecular formula is C24H24FN3O2. The Kier molecular flexibility index (Phi) is 6.35. The average Bonchev–Trinajstić information content (AvgIpc) is 2.80. The van der Waals surface area contributed by atoms with E-state index in [1.165, 1.54) is 6.07 Å². The van der Waals surface area contributed by atoms with Gasteiger partial charge < -0.3 is 14.5 Å². The molecule has 0 N–H and O–H groups in total. The predicted molar refractivity (Wildman–Crippen MR) is 115 cm³/mol. The molecule has 2 aromatic carbocycles. The third-order valence-corrected chi connectivity index (χ3v) is 5.23. The largest absolute Gasteiger partial charge is 0.367 e. The molecule has 0 bridgehead atoms. The van der Waals surface area contributed by atoms with E-state index in [4.69, 9.17) is 4.74 Å². The van der Waals surface area contributed by atoms with Gasteiger partial charge in [0, 0.05) is 43.5 Å². The molecule has 1 fully saturated rings. The molecule has 3 aromatic rings. The first-order valence-corrected chi connectivity index (χ1v) is 10.1. The van der Waals surface area contributed by atoms with E-state index in [2.05, 4.69) is 9.88 Å². The highest BCUT2D eigenvalue weighted by Crippen LogP contribution is 2.24. The molecule has 1 amide bonds. The zero-order valence-electron chi connectivity index (χ0n) is 16.7. The summed E-state index contributed by atoms with van der Waals surface area (Å²) in [7, 11) is 0. The van der Waals surface area contributed by atoms with Crippen LogP contribution in [0.4, 0.5) is 10.2 Å². The molecule has 1 aromatic heterocycles. The fourth-order valence-electron chi connectivity index (χ4n) is 3.53. The van der Waals surface area contributed by atoms with Crippen molar-refractivity contribution >= 4 is 11.7 Å². The van der Waals surface area contributed by atoms with Crippen LogP contribution in [0, 0.1) is 5.82 Å². The van der Waals surface area contributed by atoms with E-state index in [0.717, 1.165) is 16.9 Å². The summed E-state index contributed by atoms with van der Waals surface area (Å²) < 4.78 is 19.5. The molecule has 0 saturated carbocycles. The Bertz CT molecular complexity index is 971. The lowest BCUT2D eigenvalue weighted by Crippen LogP contribution is -2.50. The van der Waals surface area contributed by atoms with E-state index in [1.807, 2.05) is 53.4 Å². The molecule has 30 heavy (non-hydrogen) atoms. The molecular weight excluding hydrogens is 381 g/mol. The van der Waals surface area contributed by atoms with Crippen molar-refractivity contribution in [1.29, 1.82) is 0 Å². The molecule has 1 aliphatic heterocycles. The molecule has 1 aliphatic rings. The third kappa shape index (κ3) is 4.83. The monoisotopic (exact) mass is 405 g/mol. The van der Waals surface area contributed by atoms with Gasteiger partial charge in [-0.3, -0.25) is 4.79 Å². The number of rotatable bonds is 6. The Balaban J connectivity index is 1.27. The van der Waals surface area contributed by atoms with Crippen molar-refractivity contribution in [2.75, 3.05) is 37.7 Å². The topological polar surface area (TPSA) is 45.7 Å². The lowest BCUT2D eigenvalue weighted by molar-refractivity contribution is -0.136. The lowest BCUT2D eigenvalue weighted by atomic mass is 10.1. The van der Waals surface area contributed by atoms with Crippen molar-refractivity contribution in [3.63, 3.8) is 0 Å². The number of anilines is 1. The predicted octanol–water partition coefficient (Wildman–Crippen LogP) is 3.75. The van der Waals surface area contributed by atoms with E-state index < -0.39 is 0 Å². The van der Waals surface area contributed by atoms with Crippen molar-refractivity contribution in [3.05, 3.63) is 84.3 Å². The number of amides is 1. The maximum absolute atomic E-state index is 13.9. The van der Waals surface area contributed by atoms with E-state index in [0.29, 0.717) is 38.3 Å². The Morgan fingerprint density at radius 3 is 2.37 bits per heavy atom. The van der Waals surface area contributed by atoms with Gasteiger partial charge in [-0.05, 0) is 23.8 Å². The zero-order chi connectivity index (χ0) is 20.8. The fraction of sp³-hybridized carbons (Fsp3) is 0.250. The summed E-state index contributed by atoms with van der Waals surface area (Å²) in [6, 6.07) is 20.3. The molecule has 154 valence electrons. The van der Waals surface area contributed by atoms with Crippen molar-refractivity contribution in [1.82, 2.24) is 9.88 Å². The van der Waals surface area contributed by atoms with Gasteiger partial charge in [0.05, 0.1) is 6.61 Å². The minimum atomic E-state index is -0.256. The highest BCUT2D eigenvalue weighted by molar-refractivity contribution is 5.77. The molecule has 0 spiro atoms. The number of carbonyl (C=O) groups is 1. The van der Waals surface area contributed by atoms with Crippen molar-refractivity contribution in [2.24, 2.45) is 0 Å². The number of hydrogen-bond acceptors (Lipinski definition) is 4. The van der Waals surface area contributed by atoms with Gasteiger partial charge in [-0.25, -0.2) is 9.37 Å². The summed E-state index contributed by atoms with van der Waals surface area (Å²) >= 11 is 0. The van der Waals surface area contributed by atoms with Gasteiger partial charge in [-0.2, -0.15) is 0 Å². The second-order valence-electron chi connectivity index (χ2n) is 7.23. The number of halogens is 1. The highest BCUT2D eigenvalue weighted by Gasteiger charge is 2.22. The second kappa shape index (κ2) is 9.50. The number of carbonyl (C=O) groups excluding carboxylic acids is 1. The number of hydrogen-bond donors (Lipinski definition) is 0. The summed E-state index contributed by atoms with van der Waals surface area (Å²) in [6.45, 7) is 3.19. The number of nitrogens with zero attached hydrogens (tertiary/aromatic N) is 3. The molecule has 0 unspecified atom stereocenters. The van der Waals surface area contributed by atoms with Crippen LogP contribution in [-0.2, 0) is 16.1 Å². The Morgan fingerprint density at radius 1 is 0.933 bits per heavy atom. The van der Waals surface area contributed by atoms with Crippen LogP contribution in [0.2, 0.25) is 0 Å². The number of ether oxygens (including phenoxy) is 1. The smallest absolute Gasteiger partial charge is 0.248 e. The lowest BCUT2D eigenvalue weighted by Gasteiger charge is -2.35. The Labute approximate surface area is 175 Å². The average molecular weight is 405 g/mol. The standard InChI is InChI=1S/C24H24FN3O2/c25-22-9-5-4-8-21(22)20-10-11-23(26-16-20)27-12-14-28(15-13-27)24(29)18-30-17-19-6-2-1-3-7-19/h1-11,16H,12-15,17-18H2. The van der Waals surface area contributed by atoms with Crippen LogP contribution in [0.15, 0.2) is 72.9 Å². The number of aromatic nitrogens is 1. The first kappa shape index (κ1) is 20.0. The molecule has 0 aliphatic carbocycles.